The van der Waals surface area contributed by atoms with Crippen molar-refractivity contribution in [2.45, 2.75) is 37.2 Å². The van der Waals surface area contributed by atoms with Crippen molar-refractivity contribution >= 4 is 11.8 Å². The topological polar surface area (TPSA) is 38.9 Å². The Hall–Kier alpha value is -1.32. The lowest BCUT2D eigenvalue weighted by molar-refractivity contribution is 0.986. The molecular formula is C15H18N2S. The Morgan fingerprint density at radius 2 is 1.83 bits per heavy atom. The lowest BCUT2D eigenvalue weighted by Crippen LogP contribution is -1.98. The fraction of sp³-hybridized carbons (Fsp3) is 0.267. The van der Waals surface area contributed by atoms with Crippen molar-refractivity contribution < 1.29 is 0 Å². The van der Waals surface area contributed by atoms with Crippen molar-refractivity contribution in [3.8, 4) is 0 Å². The van der Waals surface area contributed by atoms with Crippen LogP contribution in [0.2, 0.25) is 0 Å². The van der Waals surface area contributed by atoms with E-state index in [1.807, 2.05) is 13.0 Å². The van der Waals surface area contributed by atoms with Crippen molar-refractivity contribution in [2.24, 2.45) is 5.73 Å². The highest BCUT2D eigenvalue weighted by Gasteiger charge is 2.03. The van der Waals surface area contributed by atoms with Gasteiger partial charge >= 0.3 is 0 Å². The summed E-state index contributed by atoms with van der Waals surface area (Å²) in [4.78, 5) is 5.76. The summed E-state index contributed by atoms with van der Waals surface area (Å²) >= 11 is 1.69. The molecular weight excluding hydrogens is 240 g/mol. The van der Waals surface area contributed by atoms with Crippen molar-refractivity contribution in [1.29, 1.82) is 0 Å². The maximum absolute atomic E-state index is 5.69. The van der Waals surface area contributed by atoms with Gasteiger partial charge in [0.15, 0.2) is 0 Å². The molecule has 94 valence electrons. The third-order valence-electron chi connectivity index (χ3n) is 2.93. The van der Waals surface area contributed by atoms with Gasteiger partial charge in [0.05, 0.1) is 0 Å². The molecule has 1 aromatic heterocycles. The van der Waals surface area contributed by atoms with Gasteiger partial charge in [0.25, 0.3) is 0 Å². The summed E-state index contributed by atoms with van der Waals surface area (Å²) in [5.41, 5.74) is 10.5. The van der Waals surface area contributed by atoms with Crippen LogP contribution in [0.3, 0.4) is 0 Å². The van der Waals surface area contributed by atoms with Crippen LogP contribution >= 0.6 is 11.8 Å². The molecule has 0 atom stereocenters. The van der Waals surface area contributed by atoms with E-state index in [1.54, 1.807) is 11.8 Å². The largest absolute Gasteiger partial charge is 0.326 e. The van der Waals surface area contributed by atoms with Crippen molar-refractivity contribution in [3.05, 3.63) is 52.7 Å². The Balaban J connectivity index is 2.27. The molecule has 0 radical (unpaired) electrons. The second-order valence-electron chi connectivity index (χ2n) is 4.51. The van der Waals surface area contributed by atoms with Crippen molar-refractivity contribution in [1.82, 2.24) is 4.98 Å². The Morgan fingerprint density at radius 3 is 2.50 bits per heavy atom. The van der Waals surface area contributed by atoms with E-state index < -0.39 is 0 Å². The van der Waals surface area contributed by atoms with Crippen LogP contribution in [0.4, 0.5) is 0 Å². The summed E-state index contributed by atoms with van der Waals surface area (Å²) in [5.74, 6) is 0. The van der Waals surface area contributed by atoms with Gasteiger partial charge in [-0.25, -0.2) is 4.98 Å². The van der Waals surface area contributed by atoms with Gasteiger partial charge in [-0.3, -0.25) is 0 Å². The number of benzene rings is 1. The summed E-state index contributed by atoms with van der Waals surface area (Å²) in [7, 11) is 0. The standard InChI is InChI=1S/C15H18N2S/c1-10-4-5-14(6-11(10)2)18-15-8-13(9-16)7-12(3)17-15/h4-8H,9,16H2,1-3H3. The van der Waals surface area contributed by atoms with Crippen molar-refractivity contribution in [2.75, 3.05) is 0 Å². The van der Waals surface area contributed by atoms with Crippen molar-refractivity contribution in [3.63, 3.8) is 0 Å². The summed E-state index contributed by atoms with van der Waals surface area (Å²) in [6.07, 6.45) is 0. The van der Waals surface area contributed by atoms with Gasteiger partial charge in [0, 0.05) is 17.1 Å². The highest BCUT2D eigenvalue weighted by molar-refractivity contribution is 7.99. The number of nitrogens with two attached hydrogens (primary N) is 1. The second-order valence-corrected chi connectivity index (χ2v) is 5.60. The minimum Gasteiger partial charge on any atom is -0.326 e. The number of rotatable bonds is 3. The molecule has 0 saturated carbocycles. The molecule has 0 amide bonds. The first-order valence-corrected chi connectivity index (χ1v) is 6.83. The van der Waals surface area contributed by atoms with Crippen LogP contribution < -0.4 is 5.73 Å². The maximum atomic E-state index is 5.69. The predicted octanol–water partition coefficient (Wildman–Crippen LogP) is 3.62. The van der Waals surface area contributed by atoms with E-state index in [1.165, 1.54) is 16.0 Å². The fourth-order valence-electron chi connectivity index (χ4n) is 1.78. The van der Waals surface area contributed by atoms with E-state index in [2.05, 4.69) is 43.1 Å². The van der Waals surface area contributed by atoms with Crippen LogP contribution in [0.15, 0.2) is 40.3 Å². The van der Waals surface area contributed by atoms with Crippen LogP contribution in [0.25, 0.3) is 0 Å². The highest BCUT2D eigenvalue weighted by atomic mass is 32.2. The number of nitrogens with zero attached hydrogens (tertiary/aromatic N) is 1. The number of pyridine rings is 1. The second kappa shape index (κ2) is 5.55. The molecule has 0 spiro atoms. The number of aromatic nitrogens is 1. The van der Waals surface area contributed by atoms with Crippen LogP contribution in [0.5, 0.6) is 0 Å². The lowest BCUT2D eigenvalue weighted by atomic mass is 10.1. The Labute approximate surface area is 113 Å². The van der Waals surface area contributed by atoms with Gasteiger partial charge in [-0.05, 0) is 61.7 Å². The van der Waals surface area contributed by atoms with E-state index in [0.717, 1.165) is 16.3 Å². The van der Waals surface area contributed by atoms with Gasteiger partial charge in [0.2, 0.25) is 0 Å². The predicted molar refractivity (Wildman–Crippen MR) is 76.9 cm³/mol. The van der Waals surface area contributed by atoms with Crippen LogP contribution in [0.1, 0.15) is 22.4 Å². The first-order chi connectivity index (χ1) is 8.58. The van der Waals surface area contributed by atoms with E-state index in [-0.39, 0.29) is 0 Å². The Bertz CT molecular complexity index is 564. The molecule has 0 unspecified atom stereocenters. The van der Waals surface area contributed by atoms with E-state index in [0.29, 0.717) is 6.54 Å². The first kappa shape index (κ1) is 13.1. The molecule has 18 heavy (non-hydrogen) atoms. The van der Waals surface area contributed by atoms with E-state index in [4.69, 9.17) is 5.73 Å². The van der Waals surface area contributed by atoms with Gasteiger partial charge in [-0.2, -0.15) is 0 Å². The van der Waals surface area contributed by atoms with Crippen LogP contribution in [0, 0.1) is 20.8 Å². The molecule has 1 heterocycles. The number of hydrogen-bond donors (Lipinski definition) is 1. The summed E-state index contributed by atoms with van der Waals surface area (Å²) in [5, 5.41) is 1.01. The third kappa shape index (κ3) is 3.12. The maximum Gasteiger partial charge on any atom is 0.101 e. The quantitative estimate of drug-likeness (QED) is 0.914. The molecule has 3 heteroatoms. The van der Waals surface area contributed by atoms with Gasteiger partial charge in [-0.15, -0.1) is 0 Å². The zero-order valence-corrected chi connectivity index (χ0v) is 11.8. The Kier molecular flexibility index (Phi) is 4.04. The first-order valence-electron chi connectivity index (χ1n) is 6.01. The molecule has 2 nitrogen and oxygen atoms in total. The molecule has 2 rings (SSSR count). The molecule has 1 aromatic carbocycles. The number of hydrogen-bond acceptors (Lipinski definition) is 3. The average Bonchev–Trinajstić information content (AvgIpc) is 2.33. The molecule has 0 saturated heterocycles. The van der Waals surface area contributed by atoms with E-state index >= 15 is 0 Å². The number of aryl methyl sites for hydroxylation is 3. The smallest absolute Gasteiger partial charge is 0.101 e. The Morgan fingerprint density at radius 1 is 1.06 bits per heavy atom. The van der Waals surface area contributed by atoms with Gasteiger partial charge in [0.1, 0.15) is 5.03 Å². The van der Waals surface area contributed by atoms with Gasteiger partial charge in [-0.1, -0.05) is 17.8 Å². The SMILES string of the molecule is Cc1cc(CN)cc(Sc2ccc(C)c(C)c2)n1. The van der Waals surface area contributed by atoms with Gasteiger partial charge < -0.3 is 5.73 Å². The molecule has 2 aromatic rings. The zero-order valence-electron chi connectivity index (χ0n) is 11.0. The third-order valence-corrected chi connectivity index (χ3v) is 3.83. The summed E-state index contributed by atoms with van der Waals surface area (Å²) in [6, 6.07) is 10.6. The van der Waals surface area contributed by atoms with E-state index in [9.17, 15) is 0 Å². The monoisotopic (exact) mass is 258 g/mol. The minimum atomic E-state index is 0.559. The molecule has 0 bridgehead atoms. The zero-order chi connectivity index (χ0) is 13.1. The summed E-state index contributed by atoms with van der Waals surface area (Å²) < 4.78 is 0. The molecule has 0 aliphatic carbocycles. The fourth-order valence-corrected chi connectivity index (χ4v) is 2.79. The lowest BCUT2D eigenvalue weighted by Gasteiger charge is -2.07. The highest BCUT2D eigenvalue weighted by Crippen LogP contribution is 2.28. The normalized spacial score (nSPS) is 10.7. The molecule has 0 aliphatic heterocycles. The molecule has 0 fully saturated rings. The minimum absolute atomic E-state index is 0.559. The average molecular weight is 258 g/mol. The molecule has 0 aliphatic rings. The van der Waals surface area contributed by atoms with Crippen LogP contribution in [-0.2, 0) is 6.54 Å². The van der Waals surface area contributed by atoms with Crippen LogP contribution in [-0.4, -0.2) is 4.98 Å². The summed E-state index contributed by atoms with van der Waals surface area (Å²) in [6.45, 7) is 6.82. The molecule has 2 N–H and O–H groups in total.